The summed E-state index contributed by atoms with van der Waals surface area (Å²) in [5.41, 5.74) is 2.22. The number of aliphatic imine (C=N–C) groups is 1. The van der Waals surface area contributed by atoms with E-state index in [1.54, 1.807) is 14.2 Å². The van der Waals surface area contributed by atoms with Crippen LogP contribution in [0.15, 0.2) is 41.5 Å². The fourth-order valence-corrected chi connectivity index (χ4v) is 2.13. The summed E-state index contributed by atoms with van der Waals surface area (Å²) < 4.78 is 5.03. The molecule has 0 atom stereocenters. The minimum Gasteiger partial charge on any atom is -0.385 e. The van der Waals surface area contributed by atoms with Crippen LogP contribution < -0.4 is 10.6 Å². The number of guanidine groups is 1. The van der Waals surface area contributed by atoms with Gasteiger partial charge in [-0.15, -0.1) is 0 Å². The number of hydrogen-bond donors (Lipinski definition) is 2. The quantitative estimate of drug-likeness (QED) is 0.484. The molecule has 0 aliphatic carbocycles. The maximum atomic E-state index is 5.03. The van der Waals surface area contributed by atoms with Crippen molar-refractivity contribution in [1.82, 2.24) is 15.6 Å². The van der Waals surface area contributed by atoms with E-state index in [2.05, 4.69) is 26.7 Å². The molecular formula is C16H22N4O. The minimum absolute atomic E-state index is 0.715. The van der Waals surface area contributed by atoms with Crippen molar-refractivity contribution in [3.8, 4) is 0 Å². The summed E-state index contributed by atoms with van der Waals surface area (Å²) in [6, 6.07) is 10.2. The Balaban J connectivity index is 1.94. The lowest BCUT2D eigenvalue weighted by Crippen LogP contribution is -2.37. The van der Waals surface area contributed by atoms with Gasteiger partial charge in [-0.25, -0.2) is 0 Å². The van der Waals surface area contributed by atoms with Crippen LogP contribution in [-0.4, -0.2) is 38.3 Å². The second-order valence-corrected chi connectivity index (χ2v) is 4.69. The Morgan fingerprint density at radius 1 is 1.24 bits per heavy atom. The molecule has 21 heavy (non-hydrogen) atoms. The molecule has 112 valence electrons. The Hall–Kier alpha value is -2.14. The number of ether oxygens (including phenoxy) is 1. The molecule has 2 N–H and O–H groups in total. The Morgan fingerprint density at radius 2 is 2.10 bits per heavy atom. The lowest BCUT2D eigenvalue weighted by Gasteiger charge is -2.12. The molecule has 1 aromatic heterocycles. The van der Waals surface area contributed by atoms with Crippen LogP contribution in [0.1, 0.15) is 12.0 Å². The molecule has 0 bridgehead atoms. The van der Waals surface area contributed by atoms with Crippen LogP contribution in [0.25, 0.3) is 10.9 Å². The first-order valence-electron chi connectivity index (χ1n) is 7.11. The van der Waals surface area contributed by atoms with Gasteiger partial charge in [-0.05, 0) is 24.1 Å². The van der Waals surface area contributed by atoms with Crippen LogP contribution >= 0.6 is 0 Å². The number of aromatic nitrogens is 1. The maximum absolute atomic E-state index is 5.03. The summed E-state index contributed by atoms with van der Waals surface area (Å²) in [7, 11) is 3.48. The molecule has 0 amide bonds. The van der Waals surface area contributed by atoms with Gasteiger partial charge < -0.3 is 15.4 Å². The molecule has 0 aliphatic heterocycles. The predicted octanol–water partition coefficient (Wildman–Crippen LogP) is 1.94. The first-order chi connectivity index (χ1) is 10.3. The summed E-state index contributed by atoms with van der Waals surface area (Å²) in [4.78, 5) is 8.59. The topological polar surface area (TPSA) is 58.5 Å². The molecule has 0 aliphatic rings. The van der Waals surface area contributed by atoms with E-state index in [4.69, 9.17) is 4.74 Å². The fourth-order valence-electron chi connectivity index (χ4n) is 2.13. The first kappa shape index (κ1) is 15.3. The number of benzene rings is 1. The van der Waals surface area contributed by atoms with Gasteiger partial charge in [0.2, 0.25) is 0 Å². The number of hydrogen-bond acceptors (Lipinski definition) is 3. The lowest BCUT2D eigenvalue weighted by molar-refractivity contribution is 0.195. The average molecular weight is 286 g/mol. The van der Waals surface area contributed by atoms with Gasteiger partial charge in [-0.3, -0.25) is 9.98 Å². The number of nitrogens with one attached hydrogen (secondary N) is 2. The molecule has 1 heterocycles. The molecule has 0 saturated carbocycles. The monoisotopic (exact) mass is 286 g/mol. The highest BCUT2D eigenvalue weighted by atomic mass is 16.5. The highest BCUT2D eigenvalue weighted by Gasteiger charge is 2.02. The summed E-state index contributed by atoms with van der Waals surface area (Å²) in [6.07, 6.45) is 2.80. The fraction of sp³-hybridized carbons (Fsp3) is 0.375. The van der Waals surface area contributed by atoms with Crippen molar-refractivity contribution in [2.24, 2.45) is 4.99 Å². The van der Waals surface area contributed by atoms with E-state index >= 15 is 0 Å². The predicted molar refractivity (Wildman–Crippen MR) is 86.4 cm³/mol. The van der Waals surface area contributed by atoms with Crippen molar-refractivity contribution in [2.75, 3.05) is 27.3 Å². The molecule has 0 fully saturated rings. The Labute approximate surface area is 125 Å². The standard InChI is InChI=1S/C16H22N4O/c1-17-16(19-9-5-11-21-2)20-12-13-8-10-18-15-7-4-3-6-14(13)15/h3-4,6-8,10H,5,9,11-12H2,1-2H3,(H2,17,19,20). The summed E-state index contributed by atoms with van der Waals surface area (Å²) in [6.45, 7) is 2.30. The van der Waals surface area contributed by atoms with E-state index in [9.17, 15) is 0 Å². The second-order valence-electron chi connectivity index (χ2n) is 4.69. The van der Waals surface area contributed by atoms with E-state index in [-0.39, 0.29) is 0 Å². The first-order valence-corrected chi connectivity index (χ1v) is 7.11. The third-order valence-corrected chi connectivity index (χ3v) is 3.23. The summed E-state index contributed by atoms with van der Waals surface area (Å²) in [5.74, 6) is 0.798. The van der Waals surface area contributed by atoms with E-state index in [0.29, 0.717) is 6.54 Å². The average Bonchev–Trinajstić information content (AvgIpc) is 2.54. The number of fused-ring (bicyclic) bond motifs is 1. The molecule has 2 aromatic rings. The van der Waals surface area contributed by atoms with Crippen molar-refractivity contribution in [1.29, 1.82) is 0 Å². The van der Waals surface area contributed by atoms with E-state index < -0.39 is 0 Å². The van der Waals surface area contributed by atoms with Gasteiger partial charge in [0.1, 0.15) is 0 Å². The van der Waals surface area contributed by atoms with Crippen molar-refractivity contribution in [3.05, 3.63) is 42.1 Å². The number of para-hydroxylation sites is 1. The van der Waals surface area contributed by atoms with Crippen molar-refractivity contribution in [3.63, 3.8) is 0 Å². The SMILES string of the molecule is CN=C(NCCCOC)NCc1ccnc2ccccc12. The molecule has 0 radical (unpaired) electrons. The van der Waals surface area contributed by atoms with E-state index in [1.165, 1.54) is 10.9 Å². The number of methoxy groups -OCH3 is 1. The minimum atomic E-state index is 0.715. The van der Waals surface area contributed by atoms with Gasteiger partial charge in [0, 0.05) is 45.4 Å². The third-order valence-electron chi connectivity index (χ3n) is 3.23. The van der Waals surface area contributed by atoms with Gasteiger partial charge in [0.05, 0.1) is 5.52 Å². The van der Waals surface area contributed by atoms with Crippen LogP contribution in [0.5, 0.6) is 0 Å². The second kappa shape index (κ2) is 8.21. The molecule has 5 nitrogen and oxygen atoms in total. The van der Waals surface area contributed by atoms with Crippen molar-refractivity contribution >= 4 is 16.9 Å². The molecule has 5 heteroatoms. The largest absolute Gasteiger partial charge is 0.385 e. The normalized spacial score (nSPS) is 11.6. The van der Waals surface area contributed by atoms with Gasteiger partial charge in [0.15, 0.2) is 5.96 Å². The lowest BCUT2D eigenvalue weighted by atomic mass is 10.1. The van der Waals surface area contributed by atoms with Crippen LogP contribution in [0.2, 0.25) is 0 Å². The molecular weight excluding hydrogens is 264 g/mol. The zero-order valence-electron chi connectivity index (χ0n) is 12.6. The highest BCUT2D eigenvalue weighted by Crippen LogP contribution is 2.15. The molecule has 2 rings (SSSR count). The van der Waals surface area contributed by atoms with Gasteiger partial charge >= 0.3 is 0 Å². The highest BCUT2D eigenvalue weighted by molar-refractivity contribution is 5.83. The zero-order valence-corrected chi connectivity index (χ0v) is 12.6. The zero-order chi connectivity index (χ0) is 14.9. The van der Waals surface area contributed by atoms with Crippen LogP contribution in [0.3, 0.4) is 0 Å². The number of pyridine rings is 1. The van der Waals surface area contributed by atoms with Gasteiger partial charge in [-0.1, -0.05) is 18.2 Å². The van der Waals surface area contributed by atoms with Crippen molar-refractivity contribution < 1.29 is 4.74 Å². The maximum Gasteiger partial charge on any atom is 0.191 e. The van der Waals surface area contributed by atoms with Gasteiger partial charge in [-0.2, -0.15) is 0 Å². The van der Waals surface area contributed by atoms with Crippen LogP contribution in [0, 0.1) is 0 Å². The van der Waals surface area contributed by atoms with E-state index in [0.717, 1.165) is 31.0 Å². The molecule has 1 aromatic carbocycles. The summed E-state index contributed by atoms with van der Waals surface area (Å²) >= 11 is 0. The van der Waals surface area contributed by atoms with Crippen LogP contribution in [-0.2, 0) is 11.3 Å². The molecule has 0 unspecified atom stereocenters. The third kappa shape index (κ3) is 4.43. The summed E-state index contributed by atoms with van der Waals surface area (Å²) in [5, 5.41) is 7.76. The Kier molecular flexibility index (Phi) is 5.97. The Morgan fingerprint density at radius 3 is 2.90 bits per heavy atom. The molecule has 0 spiro atoms. The smallest absolute Gasteiger partial charge is 0.191 e. The number of rotatable bonds is 6. The van der Waals surface area contributed by atoms with Crippen molar-refractivity contribution in [2.45, 2.75) is 13.0 Å². The molecule has 0 saturated heterocycles. The van der Waals surface area contributed by atoms with Gasteiger partial charge in [0.25, 0.3) is 0 Å². The Bertz CT molecular complexity index is 592. The van der Waals surface area contributed by atoms with E-state index in [1.807, 2.05) is 30.5 Å². The number of nitrogens with zero attached hydrogens (tertiary/aromatic N) is 2. The van der Waals surface area contributed by atoms with Crippen LogP contribution in [0.4, 0.5) is 0 Å².